The predicted molar refractivity (Wildman–Crippen MR) is 133 cm³/mol. The van der Waals surface area contributed by atoms with Gasteiger partial charge in [-0.1, -0.05) is 34.1 Å². The van der Waals surface area contributed by atoms with Crippen LogP contribution in [0.4, 0.5) is 0 Å². The predicted octanol–water partition coefficient (Wildman–Crippen LogP) is 5.65. The molecule has 0 saturated carbocycles. The van der Waals surface area contributed by atoms with Crippen LogP contribution in [-0.4, -0.2) is 33.9 Å². The Labute approximate surface area is 203 Å². The number of carbonyl (C=O) groups excluding carboxylic acids is 1. The zero-order valence-corrected chi connectivity index (χ0v) is 20.0. The van der Waals surface area contributed by atoms with Crippen LogP contribution in [0.1, 0.15) is 23.8 Å². The first-order chi connectivity index (χ1) is 16.0. The van der Waals surface area contributed by atoms with Crippen molar-refractivity contribution >= 4 is 51.1 Å². The van der Waals surface area contributed by atoms with Crippen molar-refractivity contribution in [2.45, 2.75) is 13.5 Å². The SMILES string of the molecule is CCOc1cc(/C=C2\S/C(=N\N=C\c3ccc(Br)cc3)N(Cc3ccco3)C2=O)ccc1O. The molecule has 1 fully saturated rings. The lowest BCUT2D eigenvalue weighted by atomic mass is 10.2. The molecule has 0 unspecified atom stereocenters. The van der Waals surface area contributed by atoms with E-state index in [-0.39, 0.29) is 18.2 Å². The highest BCUT2D eigenvalue weighted by molar-refractivity contribution is 9.10. The molecule has 0 bridgehead atoms. The van der Waals surface area contributed by atoms with E-state index in [9.17, 15) is 9.90 Å². The molecule has 1 aromatic heterocycles. The van der Waals surface area contributed by atoms with Gasteiger partial charge in [0.15, 0.2) is 16.7 Å². The molecule has 7 nitrogen and oxygen atoms in total. The lowest BCUT2D eigenvalue weighted by molar-refractivity contribution is -0.122. The van der Waals surface area contributed by atoms with Gasteiger partial charge >= 0.3 is 0 Å². The van der Waals surface area contributed by atoms with Crippen molar-refractivity contribution < 1.29 is 19.1 Å². The Kier molecular flexibility index (Phi) is 7.31. The molecule has 2 aromatic carbocycles. The van der Waals surface area contributed by atoms with Crippen LogP contribution >= 0.6 is 27.7 Å². The number of nitrogens with zero attached hydrogens (tertiary/aromatic N) is 3. The van der Waals surface area contributed by atoms with E-state index >= 15 is 0 Å². The first kappa shape index (κ1) is 22.9. The number of amides is 1. The van der Waals surface area contributed by atoms with Crippen LogP contribution in [0.3, 0.4) is 0 Å². The van der Waals surface area contributed by atoms with Gasteiger partial charge in [-0.05, 0) is 72.3 Å². The maximum absolute atomic E-state index is 13.2. The average Bonchev–Trinajstić information content (AvgIpc) is 3.42. The van der Waals surface area contributed by atoms with Crippen LogP contribution in [-0.2, 0) is 11.3 Å². The van der Waals surface area contributed by atoms with Crippen molar-refractivity contribution in [1.82, 2.24) is 4.90 Å². The summed E-state index contributed by atoms with van der Waals surface area (Å²) in [6.45, 7) is 2.50. The number of phenols is 1. The van der Waals surface area contributed by atoms with Crippen LogP contribution < -0.4 is 4.74 Å². The second-order valence-corrected chi connectivity index (χ2v) is 8.84. The minimum Gasteiger partial charge on any atom is -0.504 e. The molecule has 0 radical (unpaired) electrons. The summed E-state index contributed by atoms with van der Waals surface area (Å²) in [5.74, 6) is 0.842. The Bertz CT molecular complexity index is 1220. The number of halogens is 1. The zero-order valence-electron chi connectivity index (χ0n) is 17.6. The lowest BCUT2D eigenvalue weighted by Crippen LogP contribution is -2.28. The fraction of sp³-hybridized carbons (Fsp3) is 0.125. The van der Waals surface area contributed by atoms with E-state index in [1.165, 1.54) is 16.7 Å². The second-order valence-electron chi connectivity index (χ2n) is 6.92. The Morgan fingerprint density at radius 1 is 1.18 bits per heavy atom. The summed E-state index contributed by atoms with van der Waals surface area (Å²) in [7, 11) is 0. The molecule has 4 rings (SSSR count). The fourth-order valence-corrected chi connectivity index (χ4v) is 4.22. The van der Waals surface area contributed by atoms with Gasteiger partial charge in [0.1, 0.15) is 5.76 Å². The largest absolute Gasteiger partial charge is 0.504 e. The second kappa shape index (κ2) is 10.5. The van der Waals surface area contributed by atoms with E-state index in [0.29, 0.717) is 28.2 Å². The van der Waals surface area contributed by atoms with E-state index in [0.717, 1.165) is 15.6 Å². The van der Waals surface area contributed by atoms with Gasteiger partial charge in [0.25, 0.3) is 5.91 Å². The van der Waals surface area contributed by atoms with E-state index in [1.54, 1.807) is 48.9 Å². The number of benzene rings is 2. The van der Waals surface area contributed by atoms with Gasteiger partial charge in [-0.3, -0.25) is 9.69 Å². The molecule has 1 aliphatic rings. The van der Waals surface area contributed by atoms with Crippen molar-refractivity contribution in [3.63, 3.8) is 0 Å². The van der Waals surface area contributed by atoms with Crippen molar-refractivity contribution in [2.24, 2.45) is 10.2 Å². The molecule has 168 valence electrons. The number of carbonyl (C=O) groups is 1. The highest BCUT2D eigenvalue weighted by atomic mass is 79.9. The molecule has 2 heterocycles. The number of thioether (sulfide) groups is 1. The number of ether oxygens (including phenoxy) is 1. The third-order valence-corrected chi connectivity index (χ3v) is 6.11. The van der Waals surface area contributed by atoms with Crippen LogP contribution in [0.2, 0.25) is 0 Å². The number of hydrogen-bond acceptors (Lipinski definition) is 7. The summed E-state index contributed by atoms with van der Waals surface area (Å²) in [6.07, 6.45) is 4.94. The monoisotopic (exact) mass is 525 g/mol. The quantitative estimate of drug-likeness (QED) is 0.244. The molecule has 1 aliphatic heterocycles. The third kappa shape index (κ3) is 5.74. The molecular formula is C24H20BrN3O4S. The van der Waals surface area contributed by atoms with Gasteiger partial charge in [-0.2, -0.15) is 5.10 Å². The molecule has 33 heavy (non-hydrogen) atoms. The first-order valence-corrected chi connectivity index (χ1v) is 11.7. The summed E-state index contributed by atoms with van der Waals surface area (Å²) >= 11 is 4.63. The maximum Gasteiger partial charge on any atom is 0.267 e. The number of hydrogen-bond donors (Lipinski definition) is 1. The van der Waals surface area contributed by atoms with Gasteiger partial charge in [0.05, 0.1) is 30.5 Å². The summed E-state index contributed by atoms with van der Waals surface area (Å²) < 4.78 is 11.8. The topological polar surface area (TPSA) is 87.6 Å². The molecular weight excluding hydrogens is 506 g/mol. The highest BCUT2D eigenvalue weighted by Gasteiger charge is 2.34. The molecule has 0 spiro atoms. The highest BCUT2D eigenvalue weighted by Crippen LogP contribution is 2.35. The van der Waals surface area contributed by atoms with Crippen molar-refractivity contribution in [1.29, 1.82) is 0 Å². The van der Waals surface area contributed by atoms with E-state index < -0.39 is 0 Å². The van der Waals surface area contributed by atoms with E-state index in [1.807, 2.05) is 31.2 Å². The van der Waals surface area contributed by atoms with Crippen LogP contribution in [0.5, 0.6) is 11.5 Å². The van der Waals surface area contributed by atoms with E-state index in [4.69, 9.17) is 9.15 Å². The number of rotatable bonds is 7. The Hall–Kier alpha value is -3.30. The Balaban J connectivity index is 1.62. The van der Waals surface area contributed by atoms with Gasteiger partial charge in [-0.15, -0.1) is 5.10 Å². The molecule has 0 aliphatic carbocycles. The van der Waals surface area contributed by atoms with Gasteiger partial charge in [0, 0.05) is 4.47 Å². The Morgan fingerprint density at radius 3 is 2.70 bits per heavy atom. The van der Waals surface area contributed by atoms with Gasteiger partial charge in [-0.25, -0.2) is 0 Å². The van der Waals surface area contributed by atoms with Crippen LogP contribution in [0.25, 0.3) is 6.08 Å². The first-order valence-electron chi connectivity index (χ1n) is 10.1. The zero-order chi connectivity index (χ0) is 23.2. The molecule has 1 N–H and O–H groups in total. The number of aromatic hydroxyl groups is 1. The van der Waals surface area contributed by atoms with E-state index in [2.05, 4.69) is 26.1 Å². The standard InChI is InChI=1S/C24H20BrN3O4S/c1-2-31-21-12-17(7-10-20(21)29)13-22-23(30)28(15-19-4-3-11-32-19)24(33-22)27-26-14-16-5-8-18(25)9-6-16/h3-14,29H,2,15H2,1H3/b22-13-,26-14+,27-24-. The summed E-state index contributed by atoms with van der Waals surface area (Å²) in [4.78, 5) is 15.2. The smallest absolute Gasteiger partial charge is 0.267 e. The normalized spacial score (nSPS) is 16.4. The summed E-state index contributed by atoms with van der Waals surface area (Å²) in [5.41, 5.74) is 1.61. The molecule has 9 heteroatoms. The molecule has 1 saturated heterocycles. The van der Waals surface area contributed by atoms with Crippen molar-refractivity contribution in [3.8, 4) is 11.5 Å². The summed E-state index contributed by atoms with van der Waals surface area (Å²) in [5, 5.41) is 18.9. The van der Waals surface area contributed by atoms with Crippen LogP contribution in [0, 0.1) is 0 Å². The van der Waals surface area contributed by atoms with Crippen molar-refractivity contribution in [2.75, 3.05) is 6.61 Å². The average molecular weight is 526 g/mol. The lowest BCUT2D eigenvalue weighted by Gasteiger charge is -2.12. The molecule has 3 aromatic rings. The summed E-state index contributed by atoms with van der Waals surface area (Å²) in [6, 6.07) is 16.2. The van der Waals surface area contributed by atoms with Crippen molar-refractivity contribution in [3.05, 3.63) is 87.1 Å². The number of amidine groups is 1. The molecule has 1 amide bonds. The number of furan rings is 1. The minimum absolute atomic E-state index is 0.0494. The van der Waals surface area contributed by atoms with Gasteiger partial charge < -0.3 is 14.3 Å². The Morgan fingerprint density at radius 2 is 1.97 bits per heavy atom. The van der Waals surface area contributed by atoms with Crippen LogP contribution in [0.15, 0.2) is 84.9 Å². The van der Waals surface area contributed by atoms with Gasteiger partial charge in [0.2, 0.25) is 0 Å². The number of phenolic OH excluding ortho intramolecular Hbond substituents is 1. The fourth-order valence-electron chi connectivity index (χ4n) is 3.02. The maximum atomic E-state index is 13.2. The third-order valence-electron chi connectivity index (χ3n) is 4.58. The molecule has 0 atom stereocenters. The minimum atomic E-state index is -0.208.